The number of benzene rings is 3. The zero-order chi connectivity index (χ0) is 19.9. The predicted octanol–water partition coefficient (Wildman–Crippen LogP) is 3.64. The summed E-state index contributed by atoms with van der Waals surface area (Å²) in [5, 5.41) is 15.3. The monoisotopic (exact) mass is 373 g/mol. The van der Waals surface area contributed by atoms with Gasteiger partial charge in [0.25, 0.3) is 5.91 Å². The summed E-state index contributed by atoms with van der Waals surface area (Å²) in [7, 11) is 1.64. The summed E-state index contributed by atoms with van der Waals surface area (Å²) in [6.07, 6.45) is 0. The van der Waals surface area contributed by atoms with Gasteiger partial charge in [-0.2, -0.15) is 10.4 Å². The van der Waals surface area contributed by atoms with E-state index >= 15 is 0 Å². The first-order valence-electron chi connectivity index (χ1n) is 8.64. The minimum atomic E-state index is -0.405. The van der Waals surface area contributed by atoms with Gasteiger partial charge in [-0.25, -0.2) is 5.43 Å². The van der Waals surface area contributed by atoms with Crippen molar-refractivity contribution in [3.63, 3.8) is 0 Å². The number of fused-ring (bicyclic) bond motifs is 1. The topological polar surface area (TPSA) is 83.7 Å². The lowest BCUT2D eigenvalue weighted by Crippen LogP contribution is -2.25. The summed E-state index contributed by atoms with van der Waals surface area (Å²) in [4.78, 5) is 12.0. The van der Waals surface area contributed by atoms with Crippen molar-refractivity contribution in [2.45, 2.75) is 6.92 Å². The standard InChI is InChI=1S/C22H19N3O3/c1-15(16-7-8-18-12-20(27-2)10-9-17(18)11-16)24-25-22(26)14-28-21-6-4-3-5-19(21)13-23/h3-12H,14H2,1-2H3,(H,25,26)/b24-15-. The van der Waals surface area contributed by atoms with Gasteiger partial charge in [-0.1, -0.05) is 30.3 Å². The normalized spacial score (nSPS) is 11.0. The van der Waals surface area contributed by atoms with Crippen LogP contribution in [0.2, 0.25) is 0 Å². The molecule has 0 saturated carbocycles. The molecule has 1 amide bonds. The van der Waals surface area contributed by atoms with Crippen molar-refractivity contribution >= 4 is 22.4 Å². The van der Waals surface area contributed by atoms with Crippen LogP contribution in [-0.4, -0.2) is 25.3 Å². The maximum Gasteiger partial charge on any atom is 0.277 e. The van der Waals surface area contributed by atoms with E-state index in [2.05, 4.69) is 10.5 Å². The molecule has 0 aliphatic rings. The number of hydrazone groups is 1. The molecule has 3 rings (SSSR count). The lowest BCUT2D eigenvalue weighted by atomic mass is 10.0. The Morgan fingerprint density at radius 2 is 1.86 bits per heavy atom. The van der Waals surface area contributed by atoms with Crippen LogP contribution in [0.15, 0.2) is 65.8 Å². The molecule has 3 aromatic rings. The van der Waals surface area contributed by atoms with Crippen molar-refractivity contribution in [2.24, 2.45) is 5.10 Å². The van der Waals surface area contributed by atoms with Gasteiger partial charge in [0.05, 0.1) is 18.4 Å². The number of nitrogens with one attached hydrogen (secondary N) is 1. The van der Waals surface area contributed by atoms with Crippen molar-refractivity contribution < 1.29 is 14.3 Å². The Hall–Kier alpha value is -3.85. The largest absolute Gasteiger partial charge is 0.497 e. The number of carbonyl (C=O) groups is 1. The summed E-state index contributed by atoms with van der Waals surface area (Å²) in [6, 6.07) is 20.5. The van der Waals surface area contributed by atoms with Crippen LogP contribution in [0.5, 0.6) is 11.5 Å². The minimum absolute atomic E-state index is 0.229. The highest BCUT2D eigenvalue weighted by Crippen LogP contribution is 2.22. The van der Waals surface area contributed by atoms with Crippen LogP contribution in [-0.2, 0) is 4.79 Å². The average molecular weight is 373 g/mol. The van der Waals surface area contributed by atoms with E-state index in [0.717, 1.165) is 22.1 Å². The van der Waals surface area contributed by atoms with Crippen molar-refractivity contribution in [3.8, 4) is 17.6 Å². The van der Waals surface area contributed by atoms with E-state index in [-0.39, 0.29) is 6.61 Å². The third-order valence-corrected chi connectivity index (χ3v) is 4.18. The summed E-state index contributed by atoms with van der Waals surface area (Å²) in [5.74, 6) is 0.763. The first kappa shape index (κ1) is 18.9. The number of para-hydroxylation sites is 1. The fourth-order valence-electron chi connectivity index (χ4n) is 2.65. The number of amides is 1. The molecule has 1 N–H and O–H groups in total. The van der Waals surface area contributed by atoms with Gasteiger partial charge in [0, 0.05) is 0 Å². The van der Waals surface area contributed by atoms with Crippen molar-refractivity contribution in [1.82, 2.24) is 5.43 Å². The third kappa shape index (κ3) is 4.46. The van der Waals surface area contributed by atoms with E-state index in [4.69, 9.17) is 14.7 Å². The molecule has 0 saturated heterocycles. The highest BCUT2D eigenvalue weighted by atomic mass is 16.5. The van der Waals surface area contributed by atoms with Crippen LogP contribution >= 0.6 is 0 Å². The number of rotatable bonds is 6. The molecule has 6 nitrogen and oxygen atoms in total. The van der Waals surface area contributed by atoms with E-state index in [1.54, 1.807) is 31.4 Å². The zero-order valence-corrected chi connectivity index (χ0v) is 15.6. The maximum atomic E-state index is 12.0. The molecule has 0 bridgehead atoms. The first-order valence-corrected chi connectivity index (χ1v) is 8.64. The molecule has 0 atom stereocenters. The van der Waals surface area contributed by atoms with Gasteiger partial charge in [-0.15, -0.1) is 0 Å². The van der Waals surface area contributed by atoms with Crippen molar-refractivity contribution in [3.05, 3.63) is 71.8 Å². The zero-order valence-electron chi connectivity index (χ0n) is 15.6. The Morgan fingerprint density at radius 1 is 1.11 bits per heavy atom. The molecular weight excluding hydrogens is 354 g/mol. The number of carbonyl (C=O) groups excluding carboxylic acids is 1. The van der Waals surface area contributed by atoms with Gasteiger partial charge < -0.3 is 9.47 Å². The summed E-state index contributed by atoms with van der Waals surface area (Å²) in [5.41, 5.74) is 4.42. The fourth-order valence-corrected chi connectivity index (χ4v) is 2.65. The molecule has 0 aliphatic heterocycles. The van der Waals surface area contributed by atoms with Gasteiger partial charge in [-0.05, 0) is 53.6 Å². The van der Waals surface area contributed by atoms with Crippen LogP contribution in [0.25, 0.3) is 10.8 Å². The summed E-state index contributed by atoms with van der Waals surface area (Å²) < 4.78 is 10.6. The number of hydrogen-bond donors (Lipinski definition) is 1. The van der Waals surface area contributed by atoms with E-state index < -0.39 is 5.91 Å². The number of ether oxygens (including phenoxy) is 2. The second-order valence-corrected chi connectivity index (χ2v) is 6.06. The molecule has 6 heteroatoms. The summed E-state index contributed by atoms with van der Waals surface area (Å²) >= 11 is 0. The fraction of sp³-hybridized carbons (Fsp3) is 0.136. The molecule has 140 valence electrons. The smallest absolute Gasteiger partial charge is 0.277 e. The molecule has 0 radical (unpaired) electrons. The van der Waals surface area contributed by atoms with Crippen LogP contribution in [0.4, 0.5) is 0 Å². The molecule has 28 heavy (non-hydrogen) atoms. The molecule has 0 heterocycles. The SMILES string of the molecule is COc1ccc2cc(/C(C)=N\NC(=O)COc3ccccc3C#N)ccc2c1. The van der Waals surface area contributed by atoms with Crippen LogP contribution in [0.3, 0.4) is 0 Å². The second-order valence-electron chi connectivity index (χ2n) is 6.06. The maximum absolute atomic E-state index is 12.0. The molecule has 0 spiro atoms. The van der Waals surface area contributed by atoms with Crippen LogP contribution in [0.1, 0.15) is 18.1 Å². The van der Waals surface area contributed by atoms with Crippen LogP contribution in [0, 0.1) is 11.3 Å². The van der Waals surface area contributed by atoms with Crippen molar-refractivity contribution in [2.75, 3.05) is 13.7 Å². The quantitative estimate of drug-likeness (QED) is 0.528. The number of nitriles is 1. The van der Waals surface area contributed by atoms with Gasteiger partial charge >= 0.3 is 0 Å². The predicted molar refractivity (Wildman–Crippen MR) is 108 cm³/mol. The van der Waals surface area contributed by atoms with E-state index in [1.165, 1.54) is 0 Å². The lowest BCUT2D eigenvalue weighted by molar-refractivity contribution is -0.123. The molecule has 0 aliphatic carbocycles. The van der Waals surface area contributed by atoms with Gasteiger partial charge in [-0.3, -0.25) is 4.79 Å². The average Bonchev–Trinajstić information content (AvgIpc) is 2.75. The Bertz CT molecular complexity index is 1080. The van der Waals surface area contributed by atoms with Gasteiger partial charge in [0.15, 0.2) is 6.61 Å². The Labute approximate surface area is 163 Å². The van der Waals surface area contributed by atoms with Gasteiger partial charge in [0.1, 0.15) is 17.6 Å². The molecule has 0 unspecified atom stereocenters. The molecule has 3 aromatic carbocycles. The Morgan fingerprint density at radius 3 is 2.64 bits per heavy atom. The van der Waals surface area contributed by atoms with E-state index in [9.17, 15) is 4.79 Å². The summed E-state index contributed by atoms with van der Waals surface area (Å²) in [6.45, 7) is 1.59. The van der Waals surface area contributed by atoms with E-state index in [0.29, 0.717) is 17.0 Å². The Balaban J connectivity index is 1.64. The molecule has 0 aromatic heterocycles. The Kier molecular flexibility index (Phi) is 5.87. The number of nitrogens with zero attached hydrogens (tertiary/aromatic N) is 2. The van der Waals surface area contributed by atoms with Crippen molar-refractivity contribution in [1.29, 1.82) is 5.26 Å². The highest BCUT2D eigenvalue weighted by molar-refractivity contribution is 6.02. The highest BCUT2D eigenvalue weighted by Gasteiger charge is 2.07. The van der Waals surface area contributed by atoms with Gasteiger partial charge in [0.2, 0.25) is 0 Å². The first-order chi connectivity index (χ1) is 13.6. The molecule has 0 fully saturated rings. The third-order valence-electron chi connectivity index (χ3n) is 4.18. The lowest BCUT2D eigenvalue weighted by Gasteiger charge is -2.08. The number of methoxy groups -OCH3 is 1. The minimum Gasteiger partial charge on any atom is -0.497 e. The molecular formula is C22H19N3O3. The van der Waals surface area contributed by atoms with E-state index in [1.807, 2.05) is 49.4 Å². The van der Waals surface area contributed by atoms with Crippen LogP contribution < -0.4 is 14.9 Å². The second kappa shape index (κ2) is 8.69. The number of hydrogen-bond acceptors (Lipinski definition) is 5.